The summed E-state index contributed by atoms with van der Waals surface area (Å²) in [6.45, 7) is 6.22. The molecule has 3 heterocycles. The van der Waals surface area contributed by atoms with Crippen LogP contribution in [0.15, 0.2) is 0 Å². The van der Waals surface area contributed by atoms with Gasteiger partial charge in [-0.25, -0.2) is 4.79 Å². The minimum atomic E-state index is -0.359. The van der Waals surface area contributed by atoms with Crippen LogP contribution in [0.3, 0.4) is 0 Å². The summed E-state index contributed by atoms with van der Waals surface area (Å²) in [6.07, 6.45) is 3.22. The zero-order chi connectivity index (χ0) is 12.2. The highest BCUT2D eigenvalue weighted by Gasteiger charge is 2.61. The Kier molecular flexibility index (Phi) is 2.23. The van der Waals surface area contributed by atoms with Crippen LogP contribution in [0.5, 0.6) is 0 Å². The quantitative estimate of drug-likeness (QED) is 0.713. The van der Waals surface area contributed by atoms with Crippen molar-refractivity contribution in [1.29, 1.82) is 5.41 Å². The molecule has 0 aromatic heterocycles. The zero-order valence-electron chi connectivity index (χ0n) is 10.5. The van der Waals surface area contributed by atoms with Gasteiger partial charge in [0.05, 0.1) is 0 Å². The van der Waals surface area contributed by atoms with E-state index >= 15 is 0 Å². The summed E-state index contributed by atoms with van der Waals surface area (Å²) in [5, 5.41) is 10.9. The van der Waals surface area contributed by atoms with E-state index < -0.39 is 0 Å². The van der Waals surface area contributed by atoms with Crippen LogP contribution in [0, 0.1) is 5.41 Å². The molecule has 3 saturated heterocycles. The smallest absolute Gasteiger partial charge is 0.308 e. The SMILES string of the molecule is CC(C)N1C(=O)NC(=N)C12CCN1CCCC12. The third kappa shape index (κ3) is 1.23. The molecular weight excluding hydrogens is 216 g/mol. The Morgan fingerprint density at radius 3 is 2.94 bits per heavy atom. The highest BCUT2D eigenvalue weighted by atomic mass is 16.2. The average molecular weight is 236 g/mol. The largest absolute Gasteiger partial charge is 0.323 e. The molecule has 2 atom stereocenters. The van der Waals surface area contributed by atoms with E-state index in [0.717, 1.165) is 25.9 Å². The van der Waals surface area contributed by atoms with E-state index in [2.05, 4.69) is 10.2 Å². The summed E-state index contributed by atoms with van der Waals surface area (Å²) in [4.78, 5) is 16.4. The van der Waals surface area contributed by atoms with E-state index in [1.807, 2.05) is 18.7 Å². The molecule has 0 aromatic carbocycles. The molecule has 17 heavy (non-hydrogen) atoms. The van der Waals surface area contributed by atoms with Crippen LogP contribution in [0.2, 0.25) is 0 Å². The fourth-order valence-corrected chi connectivity index (χ4v) is 3.96. The van der Waals surface area contributed by atoms with Gasteiger partial charge in [-0.15, -0.1) is 0 Å². The molecule has 3 aliphatic rings. The lowest BCUT2D eigenvalue weighted by Gasteiger charge is -2.40. The number of hydrogen-bond donors (Lipinski definition) is 2. The number of fused-ring (bicyclic) bond motifs is 2. The number of amidine groups is 1. The Hall–Kier alpha value is -1.10. The van der Waals surface area contributed by atoms with Gasteiger partial charge in [0, 0.05) is 18.6 Å². The van der Waals surface area contributed by atoms with Crippen LogP contribution in [0.25, 0.3) is 0 Å². The monoisotopic (exact) mass is 236 g/mol. The average Bonchev–Trinajstić information content (AvgIpc) is 2.85. The van der Waals surface area contributed by atoms with Crippen molar-refractivity contribution in [3.63, 3.8) is 0 Å². The van der Waals surface area contributed by atoms with E-state index in [1.54, 1.807) is 0 Å². The third-order valence-electron chi connectivity index (χ3n) is 4.53. The molecule has 5 nitrogen and oxygen atoms in total. The molecule has 3 fully saturated rings. The van der Waals surface area contributed by atoms with Crippen LogP contribution in [-0.2, 0) is 0 Å². The second-order valence-electron chi connectivity index (χ2n) is 5.64. The minimum absolute atomic E-state index is 0.0845. The van der Waals surface area contributed by atoms with Crippen LogP contribution in [0.4, 0.5) is 4.79 Å². The van der Waals surface area contributed by atoms with Gasteiger partial charge in [0.25, 0.3) is 0 Å². The van der Waals surface area contributed by atoms with E-state index in [1.165, 1.54) is 6.42 Å². The fraction of sp³-hybridized carbons (Fsp3) is 0.833. The minimum Gasteiger partial charge on any atom is -0.308 e. The molecule has 1 spiro atoms. The van der Waals surface area contributed by atoms with Gasteiger partial charge in [0.1, 0.15) is 11.4 Å². The summed E-state index contributed by atoms with van der Waals surface area (Å²) in [5.74, 6) is 0.422. The number of amides is 2. The Morgan fingerprint density at radius 2 is 2.24 bits per heavy atom. The van der Waals surface area contributed by atoms with Crippen molar-refractivity contribution in [2.45, 2.75) is 50.7 Å². The fourth-order valence-electron chi connectivity index (χ4n) is 3.96. The van der Waals surface area contributed by atoms with E-state index in [9.17, 15) is 4.79 Å². The van der Waals surface area contributed by atoms with E-state index in [-0.39, 0.29) is 17.6 Å². The van der Waals surface area contributed by atoms with Gasteiger partial charge in [-0.1, -0.05) is 0 Å². The van der Waals surface area contributed by atoms with Crippen molar-refractivity contribution in [1.82, 2.24) is 15.1 Å². The Morgan fingerprint density at radius 1 is 1.47 bits per heavy atom. The first-order valence-corrected chi connectivity index (χ1v) is 6.51. The summed E-state index contributed by atoms with van der Waals surface area (Å²) in [6, 6.07) is 0.425. The molecular formula is C12H20N4O. The number of hydrogen-bond acceptors (Lipinski definition) is 3. The summed E-state index contributed by atoms with van der Waals surface area (Å²) in [7, 11) is 0. The van der Waals surface area contributed by atoms with Gasteiger partial charge in [0.2, 0.25) is 0 Å². The summed E-state index contributed by atoms with van der Waals surface area (Å²) < 4.78 is 0. The number of carbonyl (C=O) groups is 1. The maximum absolute atomic E-state index is 12.0. The van der Waals surface area contributed by atoms with Crippen LogP contribution in [0.1, 0.15) is 33.1 Å². The Bertz CT molecular complexity index is 381. The summed E-state index contributed by atoms with van der Waals surface area (Å²) >= 11 is 0. The van der Waals surface area contributed by atoms with E-state index in [0.29, 0.717) is 11.9 Å². The van der Waals surface area contributed by atoms with Crippen LogP contribution < -0.4 is 5.32 Å². The highest BCUT2D eigenvalue weighted by molar-refractivity contribution is 6.09. The topological polar surface area (TPSA) is 59.4 Å². The van der Waals surface area contributed by atoms with Crippen LogP contribution in [-0.4, -0.2) is 52.4 Å². The van der Waals surface area contributed by atoms with Gasteiger partial charge in [-0.2, -0.15) is 0 Å². The molecule has 2 N–H and O–H groups in total. The predicted octanol–water partition coefficient (Wildman–Crippen LogP) is 1.00. The lowest BCUT2D eigenvalue weighted by molar-refractivity contribution is 0.126. The number of urea groups is 1. The second kappa shape index (κ2) is 3.45. The predicted molar refractivity (Wildman–Crippen MR) is 65.2 cm³/mol. The molecule has 0 aromatic rings. The number of nitrogens with one attached hydrogen (secondary N) is 2. The first-order valence-electron chi connectivity index (χ1n) is 6.51. The molecule has 0 bridgehead atoms. The Balaban J connectivity index is 2.04. The van der Waals surface area contributed by atoms with Crippen molar-refractivity contribution in [3.8, 4) is 0 Å². The van der Waals surface area contributed by atoms with E-state index in [4.69, 9.17) is 5.41 Å². The number of carbonyl (C=O) groups excluding carboxylic acids is 1. The molecule has 3 aliphatic heterocycles. The molecule has 2 amide bonds. The maximum Gasteiger partial charge on any atom is 0.323 e. The van der Waals surface area contributed by atoms with Gasteiger partial charge < -0.3 is 4.90 Å². The normalized spacial score (nSPS) is 37.4. The summed E-state index contributed by atoms with van der Waals surface area (Å²) in [5.41, 5.74) is -0.359. The molecule has 0 radical (unpaired) electrons. The molecule has 0 saturated carbocycles. The van der Waals surface area contributed by atoms with Gasteiger partial charge in [0.15, 0.2) is 0 Å². The van der Waals surface area contributed by atoms with Crippen molar-refractivity contribution < 1.29 is 4.79 Å². The maximum atomic E-state index is 12.0. The van der Waals surface area contributed by atoms with Crippen molar-refractivity contribution >= 4 is 11.9 Å². The molecule has 3 rings (SSSR count). The lowest BCUT2D eigenvalue weighted by Crippen LogP contribution is -2.58. The van der Waals surface area contributed by atoms with Crippen LogP contribution >= 0.6 is 0 Å². The standard InChI is InChI=1S/C12H20N4O/c1-8(2)16-11(17)14-10(13)12(16)5-7-15-6-3-4-9(12)15/h8-9H,3-7H2,1-2H3,(H2,13,14,17). The highest BCUT2D eigenvalue weighted by Crippen LogP contribution is 2.43. The molecule has 2 unspecified atom stereocenters. The van der Waals surface area contributed by atoms with Gasteiger partial charge >= 0.3 is 6.03 Å². The molecule has 5 heteroatoms. The lowest BCUT2D eigenvalue weighted by atomic mass is 9.86. The van der Waals surface area contributed by atoms with Gasteiger partial charge in [-0.3, -0.25) is 15.6 Å². The first kappa shape index (κ1) is 11.0. The number of nitrogens with zero attached hydrogens (tertiary/aromatic N) is 2. The molecule has 94 valence electrons. The van der Waals surface area contributed by atoms with Gasteiger partial charge in [-0.05, 0) is 39.7 Å². The molecule has 0 aliphatic carbocycles. The van der Waals surface area contributed by atoms with Crippen molar-refractivity contribution in [3.05, 3.63) is 0 Å². The zero-order valence-corrected chi connectivity index (χ0v) is 10.5. The second-order valence-corrected chi connectivity index (χ2v) is 5.64. The third-order valence-corrected chi connectivity index (χ3v) is 4.53. The van der Waals surface area contributed by atoms with Crippen molar-refractivity contribution in [2.75, 3.05) is 13.1 Å². The Labute approximate surface area is 102 Å². The first-order chi connectivity index (χ1) is 8.07. The number of rotatable bonds is 1. The van der Waals surface area contributed by atoms with Crippen molar-refractivity contribution in [2.24, 2.45) is 0 Å².